The van der Waals surface area contributed by atoms with Crippen LogP contribution in [-0.4, -0.2) is 14.7 Å². The number of hydrogen-bond donors (Lipinski definition) is 0. The largest absolute Gasteiger partial charge is 0.364 e. The third kappa shape index (κ3) is 1.78. The highest BCUT2D eigenvalue weighted by Crippen LogP contribution is 2.17. The molecule has 6 heteroatoms. The van der Waals surface area contributed by atoms with Gasteiger partial charge in [-0.05, 0) is 12.1 Å². The van der Waals surface area contributed by atoms with Gasteiger partial charge in [0, 0.05) is 6.07 Å². The van der Waals surface area contributed by atoms with Gasteiger partial charge in [0.2, 0.25) is 0 Å². The average Bonchev–Trinajstić information content (AvgIpc) is 2.86. The second kappa shape index (κ2) is 4.27. The summed E-state index contributed by atoms with van der Waals surface area (Å²) in [5, 5.41) is 4.58. The van der Waals surface area contributed by atoms with E-state index in [0.717, 1.165) is 0 Å². The molecule has 0 N–H and O–H groups in total. The molecule has 0 spiro atoms. The SMILES string of the molecule is O=c1c2c(Cl)cccc2ncn1Cc1ccon1. The van der Waals surface area contributed by atoms with Crippen molar-refractivity contribution in [1.82, 2.24) is 14.7 Å². The van der Waals surface area contributed by atoms with Crippen molar-refractivity contribution < 1.29 is 4.52 Å². The van der Waals surface area contributed by atoms with Crippen molar-refractivity contribution in [2.45, 2.75) is 6.54 Å². The van der Waals surface area contributed by atoms with E-state index in [1.807, 2.05) is 0 Å². The quantitative estimate of drug-likeness (QED) is 0.709. The molecule has 3 rings (SSSR count). The smallest absolute Gasteiger partial charge is 0.263 e. The zero-order chi connectivity index (χ0) is 12.5. The Kier molecular flexibility index (Phi) is 2.60. The topological polar surface area (TPSA) is 60.9 Å². The molecular weight excluding hydrogens is 254 g/mol. The highest BCUT2D eigenvalue weighted by atomic mass is 35.5. The van der Waals surface area contributed by atoms with Crippen molar-refractivity contribution in [1.29, 1.82) is 0 Å². The van der Waals surface area contributed by atoms with E-state index in [4.69, 9.17) is 16.1 Å². The van der Waals surface area contributed by atoms with Crippen LogP contribution < -0.4 is 5.56 Å². The Hall–Kier alpha value is -2.14. The zero-order valence-electron chi connectivity index (χ0n) is 9.21. The van der Waals surface area contributed by atoms with Crippen LogP contribution in [0.15, 0.2) is 46.2 Å². The van der Waals surface area contributed by atoms with Crippen molar-refractivity contribution in [3.63, 3.8) is 0 Å². The molecule has 0 fully saturated rings. The van der Waals surface area contributed by atoms with Crippen LogP contribution in [0.2, 0.25) is 5.02 Å². The molecule has 0 radical (unpaired) electrons. The minimum absolute atomic E-state index is 0.186. The first-order chi connectivity index (χ1) is 8.75. The van der Waals surface area contributed by atoms with Crippen LogP contribution in [0.4, 0.5) is 0 Å². The van der Waals surface area contributed by atoms with Crippen LogP contribution in [0.5, 0.6) is 0 Å². The van der Waals surface area contributed by atoms with Gasteiger partial charge in [0.25, 0.3) is 5.56 Å². The van der Waals surface area contributed by atoms with Crippen molar-refractivity contribution in [2.24, 2.45) is 0 Å². The Morgan fingerprint density at radius 2 is 2.22 bits per heavy atom. The summed E-state index contributed by atoms with van der Waals surface area (Å²) in [4.78, 5) is 16.5. The maximum Gasteiger partial charge on any atom is 0.263 e. The second-order valence-corrected chi connectivity index (χ2v) is 4.21. The van der Waals surface area contributed by atoms with E-state index in [0.29, 0.717) is 28.2 Å². The molecule has 1 aromatic carbocycles. The van der Waals surface area contributed by atoms with E-state index in [9.17, 15) is 4.79 Å². The predicted octanol–water partition coefficient (Wildman–Crippen LogP) is 2.09. The summed E-state index contributed by atoms with van der Waals surface area (Å²) in [6, 6.07) is 6.89. The van der Waals surface area contributed by atoms with Gasteiger partial charge in [-0.15, -0.1) is 0 Å². The summed E-state index contributed by atoms with van der Waals surface area (Å²) >= 11 is 6.03. The maximum absolute atomic E-state index is 12.3. The third-order valence-electron chi connectivity index (χ3n) is 2.63. The fourth-order valence-corrected chi connectivity index (χ4v) is 2.02. The summed E-state index contributed by atoms with van der Waals surface area (Å²) in [7, 11) is 0. The molecule has 0 aliphatic carbocycles. The van der Waals surface area contributed by atoms with Crippen LogP contribution in [0.3, 0.4) is 0 Å². The van der Waals surface area contributed by atoms with E-state index in [2.05, 4.69) is 10.1 Å². The fourth-order valence-electron chi connectivity index (χ4n) is 1.77. The molecule has 5 nitrogen and oxygen atoms in total. The molecule has 90 valence electrons. The summed E-state index contributed by atoms with van der Waals surface area (Å²) in [6.45, 7) is 0.309. The first-order valence-corrected chi connectivity index (χ1v) is 5.66. The van der Waals surface area contributed by atoms with Gasteiger partial charge in [-0.2, -0.15) is 0 Å². The molecular formula is C12H8ClN3O2. The molecule has 0 saturated heterocycles. The Morgan fingerprint density at radius 3 is 3.00 bits per heavy atom. The Balaban J connectivity index is 2.17. The molecule has 0 aliphatic heterocycles. The van der Waals surface area contributed by atoms with Crippen molar-refractivity contribution in [3.05, 3.63) is 57.9 Å². The monoisotopic (exact) mass is 261 g/mol. The van der Waals surface area contributed by atoms with E-state index in [1.54, 1.807) is 24.3 Å². The Morgan fingerprint density at radius 1 is 1.33 bits per heavy atom. The molecule has 2 heterocycles. The average molecular weight is 262 g/mol. The van der Waals surface area contributed by atoms with Gasteiger partial charge in [-0.25, -0.2) is 4.98 Å². The molecule has 0 aliphatic rings. The molecule has 0 saturated carbocycles. The summed E-state index contributed by atoms with van der Waals surface area (Å²) in [5.74, 6) is 0. The lowest BCUT2D eigenvalue weighted by Gasteiger charge is -2.05. The number of rotatable bonds is 2. The van der Waals surface area contributed by atoms with Gasteiger partial charge in [0.15, 0.2) is 0 Å². The summed E-state index contributed by atoms with van der Waals surface area (Å²) in [6.07, 6.45) is 2.94. The fraction of sp³-hybridized carbons (Fsp3) is 0.0833. The highest BCUT2D eigenvalue weighted by molar-refractivity contribution is 6.35. The van der Waals surface area contributed by atoms with Gasteiger partial charge < -0.3 is 4.52 Å². The Bertz CT molecular complexity index is 750. The van der Waals surface area contributed by atoms with Gasteiger partial charge in [-0.3, -0.25) is 9.36 Å². The van der Waals surface area contributed by atoms with Gasteiger partial charge in [-0.1, -0.05) is 22.8 Å². The molecule has 18 heavy (non-hydrogen) atoms. The van der Waals surface area contributed by atoms with Gasteiger partial charge >= 0.3 is 0 Å². The van der Waals surface area contributed by atoms with Crippen LogP contribution in [0.1, 0.15) is 5.69 Å². The number of fused-ring (bicyclic) bond motifs is 1. The summed E-state index contributed by atoms with van der Waals surface area (Å²) < 4.78 is 6.18. The second-order valence-electron chi connectivity index (χ2n) is 3.80. The maximum atomic E-state index is 12.3. The predicted molar refractivity (Wildman–Crippen MR) is 66.6 cm³/mol. The molecule has 0 atom stereocenters. The van der Waals surface area contributed by atoms with Crippen LogP contribution in [0.25, 0.3) is 10.9 Å². The lowest BCUT2D eigenvalue weighted by atomic mass is 10.2. The first-order valence-electron chi connectivity index (χ1n) is 5.28. The minimum atomic E-state index is -0.186. The minimum Gasteiger partial charge on any atom is -0.364 e. The van der Waals surface area contributed by atoms with Crippen molar-refractivity contribution in [2.75, 3.05) is 0 Å². The lowest BCUT2D eigenvalue weighted by molar-refractivity contribution is 0.409. The highest BCUT2D eigenvalue weighted by Gasteiger charge is 2.08. The van der Waals surface area contributed by atoms with E-state index in [1.165, 1.54) is 17.2 Å². The lowest BCUT2D eigenvalue weighted by Crippen LogP contribution is -2.21. The van der Waals surface area contributed by atoms with Crippen LogP contribution in [-0.2, 0) is 6.54 Å². The normalized spacial score (nSPS) is 10.9. The molecule has 2 aromatic heterocycles. The molecule has 0 amide bonds. The Labute approximate surface area is 107 Å². The third-order valence-corrected chi connectivity index (χ3v) is 2.94. The zero-order valence-corrected chi connectivity index (χ0v) is 9.96. The van der Waals surface area contributed by atoms with Crippen LogP contribution in [0, 0.1) is 0 Å². The van der Waals surface area contributed by atoms with Gasteiger partial charge in [0.05, 0.1) is 28.8 Å². The van der Waals surface area contributed by atoms with E-state index in [-0.39, 0.29) is 5.56 Å². The molecule has 3 aromatic rings. The number of hydrogen-bond acceptors (Lipinski definition) is 4. The number of benzene rings is 1. The van der Waals surface area contributed by atoms with Crippen molar-refractivity contribution >= 4 is 22.5 Å². The molecule has 0 bridgehead atoms. The van der Waals surface area contributed by atoms with Gasteiger partial charge in [0.1, 0.15) is 12.0 Å². The number of halogens is 1. The van der Waals surface area contributed by atoms with E-state index >= 15 is 0 Å². The number of aromatic nitrogens is 3. The van der Waals surface area contributed by atoms with Crippen molar-refractivity contribution in [3.8, 4) is 0 Å². The molecule has 0 unspecified atom stereocenters. The standard InChI is InChI=1S/C12H8ClN3O2/c13-9-2-1-3-10-11(9)12(17)16(7-14-10)6-8-4-5-18-15-8/h1-5,7H,6H2. The van der Waals surface area contributed by atoms with E-state index < -0.39 is 0 Å². The van der Waals surface area contributed by atoms with Crippen LogP contribution >= 0.6 is 11.6 Å². The first kappa shape index (κ1) is 11.0. The summed E-state index contributed by atoms with van der Waals surface area (Å²) in [5.41, 5.74) is 1.06. The number of nitrogens with zero attached hydrogens (tertiary/aromatic N) is 3.